The molecular formula is C53H105N6O12P. The number of aldehydes is 1. The van der Waals surface area contributed by atoms with E-state index in [2.05, 4.69) is 49.7 Å². The van der Waals surface area contributed by atoms with Crippen LogP contribution in [0.2, 0.25) is 0 Å². The zero-order chi connectivity index (χ0) is 53.8. The molecule has 2 unspecified atom stereocenters. The van der Waals surface area contributed by atoms with Gasteiger partial charge in [-0.15, -0.1) is 0 Å². The van der Waals surface area contributed by atoms with Crippen molar-refractivity contribution in [1.82, 2.24) is 26.6 Å². The van der Waals surface area contributed by atoms with E-state index in [0.717, 1.165) is 69.7 Å². The topological polar surface area (TPSA) is 263 Å². The maximum absolute atomic E-state index is 11.6. The molecule has 0 saturated heterocycles. The second kappa shape index (κ2) is 62.2. The van der Waals surface area contributed by atoms with Crippen LogP contribution in [0.5, 0.6) is 0 Å². The van der Waals surface area contributed by atoms with E-state index >= 15 is 0 Å². The molecule has 1 aliphatic rings. The molecule has 0 aromatic carbocycles. The van der Waals surface area contributed by atoms with Gasteiger partial charge in [0.15, 0.2) is 5.52 Å². The molecule has 8 N–H and O–H groups in total. The molecule has 2 atom stereocenters. The molecule has 18 nitrogen and oxygen atoms in total. The van der Waals surface area contributed by atoms with E-state index in [1.807, 2.05) is 7.05 Å². The van der Waals surface area contributed by atoms with Gasteiger partial charge in [0.1, 0.15) is 19.5 Å². The number of carbonyl (C=O) groups excluding carboxylic acids is 6. The standard InChI is InChI=1S/C20H40O2.C19H39N4O7P.C9H17NO.C5H9NO2/c1-2-3-4-5-6-7-8-9-10-11-12-13-14-15-16-17-18-19-20(21)22;1-21-6-8-27-10-12-30-15-18(25)23-7-9-28-11-13-29-14-17(24)22-5-3-2-4-16(20)19(26)31;1-8-2-4-9(5-3-8)6-10-7-11;7-4-2-1-3-6-5-8/h2-19H2,1H3,(H,21,22);16,21H,2-15,20,31H2,1H3,(H,22,24)(H,23,25);7-9H,2-6H2,1H3,(H,10,11);4-5H,1-3H2,(H,6,8). The summed E-state index contributed by atoms with van der Waals surface area (Å²) in [6.07, 6.45) is 34.1. The van der Waals surface area contributed by atoms with Crippen molar-refractivity contribution in [1.29, 1.82) is 0 Å². The highest BCUT2D eigenvalue weighted by Crippen LogP contribution is 2.27. The Morgan fingerprint density at radius 1 is 0.597 bits per heavy atom. The number of rotatable bonds is 48. The van der Waals surface area contributed by atoms with Crippen LogP contribution in [0.1, 0.15) is 187 Å². The normalized spacial score (nSPS) is 14.1. The van der Waals surface area contributed by atoms with Crippen LogP contribution in [0.25, 0.3) is 0 Å². The number of aliphatic carboxylic acids is 1. The largest absolute Gasteiger partial charge is 0.481 e. The van der Waals surface area contributed by atoms with Crippen molar-refractivity contribution in [3.8, 4) is 0 Å². The Bertz CT molecular complexity index is 1230. The Morgan fingerprint density at radius 3 is 1.53 bits per heavy atom. The summed E-state index contributed by atoms with van der Waals surface area (Å²) in [5.41, 5.74) is 5.51. The van der Waals surface area contributed by atoms with Crippen molar-refractivity contribution in [3.63, 3.8) is 0 Å². The third-order valence-electron chi connectivity index (χ3n) is 11.8. The summed E-state index contributed by atoms with van der Waals surface area (Å²) in [6.45, 7) is 10.0. The van der Waals surface area contributed by atoms with Crippen LogP contribution in [0.4, 0.5) is 0 Å². The van der Waals surface area contributed by atoms with E-state index in [9.17, 15) is 33.6 Å². The van der Waals surface area contributed by atoms with Crippen molar-refractivity contribution in [2.45, 2.75) is 193 Å². The molecule has 0 aromatic heterocycles. The second-order valence-electron chi connectivity index (χ2n) is 18.5. The number of carboxylic acids is 1. The van der Waals surface area contributed by atoms with Crippen molar-refractivity contribution in [2.75, 3.05) is 92.6 Å². The van der Waals surface area contributed by atoms with E-state index in [1.54, 1.807) is 0 Å². The van der Waals surface area contributed by atoms with Gasteiger partial charge >= 0.3 is 5.97 Å². The highest BCUT2D eigenvalue weighted by atomic mass is 31.0. The summed E-state index contributed by atoms with van der Waals surface area (Å²) in [6, 6.07) is -0.455. The lowest BCUT2D eigenvalue weighted by molar-refractivity contribution is -0.137. The van der Waals surface area contributed by atoms with Crippen LogP contribution in [0.3, 0.4) is 0 Å². The minimum Gasteiger partial charge on any atom is -0.481 e. The first-order valence-corrected chi connectivity index (χ1v) is 28.1. The number of ether oxygens (including phenoxy) is 4. The zero-order valence-electron chi connectivity index (χ0n) is 45.3. The fraction of sp³-hybridized carbons (Fsp3) is 0.868. The van der Waals surface area contributed by atoms with E-state index in [-0.39, 0.29) is 37.2 Å². The Balaban J connectivity index is -0.000000995. The van der Waals surface area contributed by atoms with Crippen LogP contribution >= 0.6 is 9.24 Å². The van der Waals surface area contributed by atoms with Crippen LogP contribution in [-0.4, -0.2) is 146 Å². The number of unbranched alkanes of at least 4 members (excludes halogenated alkanes) is 18. The lowest BCUT2D eigenvalue weighted by Crippen LogP contribution is -2.31. The average molecular weight is 1050 g/mol. The predicted molar refractivity (Wildman–Crippen MR) is 291 cm³/mol. The molecule has 1 fully saturated rings. The highest BCUT2D eigenvalue weighted by molar-refractivity contribution is 7.40. The number of likely N-dealkylation sites (N-methyl/N-ethyl adjacent to an activating group) is 1. The molecule has 0 heterocycles. The first-order valence-electron chi connectivity index (χ1n) is 27.5. The van der Waals surface area contributed by atoms with E-state index in [1.165, 1.54) is 122 Å². The van der Waals surface area contributed by atoms with E-state index in [4.69, 9.17) is 29.8 Å². The van der Waals surface area contributed by atoms with Crippen molar-refractivity contribution in [3.05, 3.63) is 0 Å². The molecule has 1 aliphatic carbocycles. The van der Waals surface area contributed by atoms with Crippen molar-refractivity contribution < 1.29 is 57.6 Å². The third-order valence-corrected chi connectivity index (χ3v) is 12.2. The van der Waals surface area contributed by atoms with E-state index in [0.29, 0.717) is 78.3 Å². The molecule has 424 valence electrons. The van der Waals surface area contributed by atoms with Gasteiger partial charge in [-0.1, -0.05) is 139 Å². The Morgan fingerprint density at radius 2 is 1.07 bits per heavy atom. The minimum atomic E-state index is -0.652. The summed E-state index contributed by atoms with van der Waals surface area (Å²) >= 11 is 0. The molecule has 0 spiro atoms. The number of amides is 4. The van der Waals surface area contributed by atoms with Gasteiger partial charge < -0.3 is 61.2 Å². The number of hydrogen-bond donors (Lipinski definition) is 7. The van der Waals surface area contributed by atoms with Gasteiger partial charge in [-0.3, -0.25) is 28.8 Å². The number of nitrogens with one attached hydrogen (secondary N) is 5. The molecule has 1 saturated carbocycles. The minimum absolute atomic E-state index is 0.0176. The van der Waals surface area contributed by atoms with Gasteiger partial charge in [-0.25, -0.2) is 0 Å². The fourth-order valence-electron chi connectivity index (χ4n) is 7.26. The van der Waals surface area contributed by atoms with Gasteiger partial charge in [0.2, 0.25) is 24.6 Å². The summed E-state index contributed by atoms with van der Waals surface area (Å²) in [7, 11) is 3.92. The summed E-state index contributed by atoms with van der Waals surface area (Å²) in [4.78, 5) is 73.7. The average Bonchev–Trinajstić information content (AvgIpc) is 3.37. The smallest absolute Gasteiger partial charge is 0.303 e. The number of hydrogen-bond acceptors (Lipinski definition) is 13. The van der Waals surface area contributed by atoms with Crippen LogP contribution in [0, 0.1) is 11.8 Å². The van der Waals surface area contributed by atoms with Gasteiger partial charge in [-0.2, -0.15) is 0 Å². The first kappa shape index (κ1) is 73.1. The van der Waals surface area contributed by atoms with E-state index < -0.39 is 12.0 Å². The second-order valence-corrected chi connectivity index (χ2v) is 19.0. The molecule has 4 amide bonds. The van der Waals surface area contributed by atoms with Crippen molar-refractivity contribution >= 4 is 51.7 Å². The summed E-state index contributed by atoms with van der Waals surface area (Å²) in [5, 5.41) is 22.1. The molecule has 72 heavy (non-hydrogen) atoms. The predicted octanol–water partition coefficient (Wildman–Crippen LogP) is 6.79. The molecule has 0 bridgehead atoms. The fourth-order valence-corrected chi connectivity index (χ4v) is 7.43. The summed E-state index contributed by atoms with van der Waals surface area (Å²) < 4.78 is 21.0. The van der Waals surface area contributed by atoms with Crippen LogP contribution in [-0.2, 0) is 52.5 Å². The van der Waals surface area contributed by atoms with Crippen LogP contribution < -0.4 is 32.3 Å². The molecular weight excluding hydrogens is 944 g/mol. The molecule has 0 aliphatic heterocycles. The Kier molecular flexibility index (Phi) is 63.1. The molecule has 0 aromatic rings. The highest BCUT2D eigenvalue weighted by Gasteiger charge is 2.17. The Hall–Kier alpha value is -3.12. The number of nitrogens with two attached hydrogens (primary N) is 1. The molecule has 0 radical (unpaired) electrons. The molecule has 19 heteroatoms. The third kappa shape index (κ3) is 64.9. The molecule has 1 rings (SSSR count). The van der Waals surface area contributed by atoms with Crippen LogP contribution in [0.15, 0.2) is 0 Å². The van der Waals surface area contributed by atoms with Gasteiger partial charge in [-0.05, 0) is 63.8 Å². The number of carbonyl (C=O) groups is 7. The van der Waals surface area contributed by atoms with Gasteiger partial charge in [0.05, 0.1) is 45.7 Å². The zero-order valence-corrected chi connectivity index (χ0v) is 46.5. The maximum atomic E-state index is 11.6. The summed E-state index contributed by atoms with van der Waals surface area (Å²) in [5.74, 6) is 0.583. The monoisotopic (exact) mass is 1050 g/mol. The number of carboxylic acid groups (broad SMARTS) is 1. The Labute approximate surface area is 438 Å². The first-order chi connectivity index (χ1) is 35.0. The lowest BCUT2D eigenvalue weighted by Gasteiger charge is -2.25. The van der Waals surface area contributed by atoms with Crippen molar-refractivity contribution in [2.24, 2.45) is 17.6 Å². The van der Waals surface area contributed by atoms with Gasteiger partial charge in [0, 0.05) is 45.6 Å². The lowest BCUT2D eigenvalue weighted by atomic mass is 9.83. The quantitative estimate of drug-likeness (QED) is 0.0188. The van der Waals surface area contributed by atoms with Gasteiger partial charge in [0.25, 0.3) is 0 Å². The maximum Gasteiger partial charge on any atom is 0.303 e. The SMILES string of the molecule is CC1CCC(CNC=O)CC1.CCCCCCCCCCCCCCCCCCCC(=O)O.CNCCOCCOCC(=O)NCCOCCOCC(=O)NCCCCC(N)C(=O)P.O=CCCCNC=O.